The van der Waals surface area contributed by atoms with E-state index in [1.54, 1.807) is 31.4 Å². The lowest BCUT2D eigenvalue weighted by molar-refractivity contribution is 0.0916. The molecule has 174 valence electrons. The van der Waals surface area contributed by atoms with Gasteiger partial charge in [0.05, 0.1) is 29.0 Å². The fourth-order valence-electron chi connectivity index (χ4n) is 3.33. The highest BCUT2D eigenvalue weighted by atomic mass is 35.5. The predicted molar refractivity (Wildman–Crippen MR) is 124 cm³/mol. The van der Waals surface area contributed by atoms with Gasteiger partial charge < -0.3 is 15.2 Å². The summed E-state index contributed by atoms with van der Waals surface area (Å²) in [6, 6.07) is 13.3. The maximum Gasteiger partial charge on any atom is 0.352 e. The molecule has 0 spiro atoms. The van der Waals surface area contributed by atoms with Gasteiger partial charge in [-0.1, -0.05) is 48.9 Å². The molecular weight excluding hydrogens is 448 g/mol. The molecule has 3 rings (SSSR count). The number of nitrogens with zero attached hydrogens (tertiary/aromatic N) is 3. The number of nitrogens with one attached hydrogen (secondary N) is 1. The first kappa shape index (κ1) is 24.4. The minimum absolute atomic E-state index is 0.0239. The number of hydrogen-bond acceptors (Lipinski definition) is 6. The van der Waals surface area contributed by atoms with Crippen LogP contribution in [0.4, 0.5) is 0 Å². The first-order valence-electron chi connectivity index (χ1n) is 10.3. The molecule has 9 nitrogen and oxygen atoms in total. The maximum absolute atomic E-state index is 12.9. The quantitative estimate of drug-likeness (QED) is 0.490. The number of carbonyl (C=O) groups excluding carboxylic acids is 1. The van der Waals surface area contributed by atoms with Gasteiger partial charge in [0.15, 0.2) is 0 Å². The molecule has 0 fully saturated rings. The van der Waals surface area contributed by atoms with E-state index in [2.05, 4.69) is 10.4 Å². The number of methoxy groups -OCH3 is 1. The third-order valence-corrected chi connectivity index (χ3v) is 5.32. The smallest absolute Gasteiger partial charge is 0.352 e. The second kappa shape index (κ2) is 11.0. The number of carbonyl (C=O) groups is 1. The van der Waals surface area contributed by atoms with Gasteiger partial charge in [-0.15, -0.1) is 0 Å². The Morgan fingerprint density at radius 2 is 1.94 bits per heavy atom. The third-order valence-electron chi connectivity index (χ3n) is 4.99. The Morgan fingerprint density at radius 1 is 1.21 bits per heavy atom. The Labute approximate surface area is 195 Å². The number of rotatable bonds is 9. The van der Waals surface area contributed by atoms with Crippen LogP contribution in [-0.4, -0.2) is 45.6 Å². The normalized spacial score (nSPS) is 12.8. The zero-order chi connectivity index (χ0) is 24.0. The Kier molecular flexibility index (Phi) is 8.16. The zero-order valence-electron chi connectivity index (χ0n) is 18.3. The van der Waals surface area contributed by atoms with Crippen molar-refractivity contribution < 1.29 is 14.6 Å². The SMILES string of the molecule is COC[C@H](C)Cn1c(=O)cnn(-c2ccc(Cl)c(C(=O)NC[C@@H](O)c3ccccc3)c2)c1=O. The summed E-state index contributed by atoms with van der Waals surface area (Å²) in [7, 11) is 1.54. The van der Waals surface area contributed by atoms with Gasteiger partial charge in [0.2, 0.25) is 0 Å². The largest absolute Gasteiger partial charge is 0.387 e. The van der Waals surface area contributed by atoms with Crippen molar-refractivity contribution in [3.63, 3.8) is 0 Å². The van der Waals surface area contributed by atoms with E-state index < -0.39 is 23.3 Å². The molecular formula is C23H25ClN4O5. The number of aliphatic hydroxyl groups excluding tert-OH is 1. The lowest BCUT2D eigenvalue weighted by Crippen LogP contribution is -2.41. The fraction of sp³-hybridized carbons (Fsp3) is 0.304. The van der Waals surface area contributed by atoms with E-state index in [0.717, 1.165) is 15.4 Å². The Balaban J connectivity index is 1.85. The highest BCUT2D eigenvalue weighted by Gasteiger charge is 2.17. The minimum atomic E-state index is -0.890. The molecule has 0 aliphatic rings. The number of aromatic nitrogens is 3. The van der Waals surface area contributed by atoms with Crippen molar-refractivity contribution in [3.05, 3.63) is 91.7 Å². The number of ether oxygens (including phenoxy) is 1. The summed E-state index contributed by atoms with van der Waals surface area (Å²) in [6.07, 6.45) is 0.157. The highest BCUT2D eigenvalue weighted by Crippen LogP contribution is 2.19. The summed E-state index contributed by atoms with van der Waals surface area (Å²) in [5.41, 5.74) is -0.127. The molecule has 0 unspecified atom stereocenters. The van der Waals surface area contributed by atoms with Crippen molar-refractivity contribution in [1.82, 2.24) is 19.7 Å². The van der Waals surface area contributed by atoms with Gasteiger partial charge in [0.25, 0.3) is 11.5 Å². The molecule has 0 aliphatic carbocycles. The van der Waals surface area contributed by atoms with E-state index in [4.69, 9.17) is 16.3 Å². The van der Waals surface area contributed by atoms with Crippen LogP contribution in [0.5, 0.6) is 0 Å². The monoisotopic (exact) mass is 472 g/mol. The summed E-state index contributed by atoms with van der Waals surface area (Å²) >= 11 is 6.21. The minimum Gasteiger partial charge on any atom is -0.387 e. The number of halogens is 1. The molecule has 0 saturated heterocycles. The molecule has 0 aliphatic heterocycles. The van der Waals surface area contributed by atoms with Crippen LogP contribution in [0.3, 0.4) is 0 Å². The Hall–Kier alpha value is -3.27. The van der Waals surface area contributed by atoms with E-state index in [-0.39, 0.29) is 35.3 Å². The lowest BCUT2D eigenvalue weighted by Gasteiger charge is -2.15. The van der Waals surface area contributed by atoms with Gasteiger partial charge in [0.1, 0.15) is 6.20 Å². The van der Waals surface area contributed by atoms with E-state index in [1.807, 2.05) is 13.0 Å². The second-order valence-corrected chi connectivity index (χ2v) is 8.06. The molecule has 0 bridgehead atoms. The summed E-state index contributed by atoms with van der Waals surface area (Å²) in [6.45, 7) is 2.37. The summed E-state index contributed by atoms with van der Waals surface area (Å²) < 4.78 is 7.18. The maximum atomic E-state index is 12.9. The van der Waals surface area contributed by atoms with Crippen LogP contribution in [-0.2, 0) is 11.3 Å². The summed E-state index contributed by atoms with van der Waals surface area (Å²) in [4.78, 5) is 37.8. The number of benzene rings is 2. The molecule has 33 heavy (non-hydrogen) atoms. The average Bonchev–Trinajstić information content (AvgIpc) is 2.81. The van der Waals surface area contributed by atoms with Gasteiger partial charge in [-0.05, 0) is 29.7 Å². The standard InChI is InChI=1S/C23H25ClN4O5/c1-15(14-33-2)13-27-21(30)12-26-28(23(27)32)17-8-9-19(24)18(10-17)22(31)25-11-20(29)16-6-4-3-5-7-16/h3-10,12,15,20,29H,11,13-14H2,1-2H3,(H,25,31)/t15-,20-/m1/s1. The van der Waals surface area contributed by atoms with Crippen molar-refractivity contribution in [2.45, 2.75) is 19.6 Å². The summed E-state index contributed by atoms with van der Waals surface area (Å²) in [5.74, 6) is -0.592. The summed E-state index contributed by atoms with van der Waals surface area (Å²) in [5, 5.41) is 17.0. The van der Waals surface area contributed by atoms with Gasteiger partial charge in [-0.25, -0.2) is 4.79 Å². The topological polar surface area (TPSA) is 115 Å². The first-order chi connectivity index (χ1) is 15.8. The number of aliphatic hydroxyl groups is 1. The van der Waals surface area contributed by atoms with Crippen molar-refractivity contribution in [1.29, 1.82) is 0 Å². The molecule has 1 aromatic heterocycles. The van der Waals surface area contributed by atoms with Crippen molar-refractivity contribution in [3.8, 4) is 5.69 Å². The third kappa shape index (κ3) is 5.95. The van der Waals surface area contributed by atoms with Crippen LogP contribution >= 0.6 is 11.6 Å². The molecule has 2 atom stereocenters. The second-order valence-electron chi connectivity index (χ2n) is 7.65. The molecule has 1 amide bonds. The van der Waals surface area contributed by atoms with Crippen LogP contribution in [0.15, 0.2) is 64.3 Å². The van der Waals surface area contributed by atoms with E-state index in [1.165, 1.54) is 18.2 Å². The van der Waals surface area contributed by atoms with Crippen LogP contribution in [0.1, 0.15) is 28.9 Å². The first-order valence-corrected chi connectivity index (χ1v) is 10.7. The van der Waals surface area contributed by atoms with E-state index >= 15 is 0 Å². The molecule has 2 N–H and O–H groups in total. The molecule has 1 heterocycles. The zero-order valence-corrected chi connectivity index (χ0v) is 19.0. The molecule has 2 aromatic carbocycles. The Bertz CT molecular complexity index is 1230. The van der Waals surface area contributed by atoms with Crippen molar-refractivity contribution in [2.24, 2.45) is 5.92 Å². The van der Waals surface area contributed by atoms with Gasteiger partial charge in [-0.3, -0.25) is 14.2 Å². The molecule has 0 radical (unpaired) electrons. The van der Waals surface area contributed by atoms with Gasteiger partial charge >= 0.3 is 5.69 Å². The fourth-order valence-corrected chi connectivity index (χ4v) is 3.53. The van der Waals surface area contributed by atoms with Crippen molar-refractivity contribution in [2.75, 3.05) is 20.3 Å². The highest BCUT2D eigenvalue weighted by molar-refractivity contribution is 6.33. The predicted octanol–water partition coefficient (Wildman–Crippen LogP) is 1.79. The van der Waals surface area contributed by atoms with Gasteiger partial charge in [-0.2, -0.15) is 9.78 Å². The van der Waals surface area contributed by atoms with Gasteiger partial charge in [0, 0.05) is 20.2 Å². The van der Waals surface area contributed by atoms with E-state index in [9.17, 15) is 19.5 Å². The number of amides is 1. The molecule has 10 heteroatoms. The average molecular weight is 473 g/mol. The molecule has 3 aromatic rings. The van der Waals surface area contributed by atoms with Crippen LogP contribution in [0.25, 0.3) is 5.69 Å². The van der Waals surface area contributed by atoms with Crippen molar-refractivity contribution >= 4 is 17.5 Å². The van der Waals surface area contributed by atoms with Crippen LogP contribution < -0.4 is 16.6 Å². The van der Waals surface area contributed by atoms with Crippen LogP contribution in [0, 0.1) is 5.92 Å². The number of hydrogen-bond donors (Lipinski definition) is 2. The lowest BCUT2D eigenvalue weighted by atomic mass is 10.1. The van der Waals surface area contributed by atoms with E-state index in [0.29, 0.717) is 12.2 Å². The Morgan fingerprint density at radius 3 is 2.64 bits per heavy atom. The van der Waals surface area contributed by atoms with Crippen LogP contribution in [0.2, 0.25) is 5.02 Å². The molecule has 0 saturated carbocycles.